The quantitative estimate of drug-likeness (QED) is 0.530. The Bertz CT molecular complexity index is 1140. The van der Waals surface area contributed by atoms with Gasteiger partial charge < -0.3 is 9.73 Å². The second-order valence-electron chi connectivity index (χ2n) is 5.91. The lowest BCUT2D eigenvalue weighted by molar-refractivity contribution is -0.111. The highest BCUT2D eigenvalue weighted by molar-refractivity contribution is 7.19. The van der Waals surface area contributed by atoms with Crippen molar-refractivity contribution in [2.45, 2.75) is 20.3 Å². The van der Waals surface area contributed by atoms with Gasteiger partial charge >= 0.3 is 0 Å². The molecule has 136 valence electrons. The summed E-state index contributed by atoms with van der Waals surface area (Å²) in [6, 6.07) is 11.3. The van der Waals surface area contributed by atoms with Crippen LogP contribution < -0.4 is 5.32 Å². The number of carbonyl (C=O) groups is 1. The van der Waals surface area contributed by atoms with Crippen molar-refractivity contribution in [3.8, 4) is 10.6 Å². The van der Waals surface area contributed by atoms with Crippen molar-refractivity contribution in [3.05, 3.63) is 59.8 Å². The summed E-state index contributed by atoms with van der Waals surface area (Å²) in [6.45, 7) is 3.87. The van der Waals surface area contributed by atoms with Crippen molar-refractivity contribution in [1.82, 2.24) is 19.8 Å². The maximum absolute atomic E-state index is 12.2. The second kappa shape index (κ2) is 7.16. The van der Waals surface area contributed by atoms with Crippen LogP contribution in [0.25, 0.3) is 21.6 Å². The lowest BCUT2D eigenvalue weighted by atomic mass is 10.2. The van der Waals surface area contributed by atoms with Crippen LogP contribution in [0.15, 0.2) is 46.9 Å². The predicted octanol–water partition coefficient (Wildman–Crippen LogP) is 3.97. The number of furan rings is 1. The Kier molecular flexibility index (Phi) is 4.55. The number of fused-ring (bicyclic) bond motifs is 1. The highest BCUT2D eigenvalue weighted by Gasteiger charge is 2.11. The van der Waals surface area contributed by atoms with E-state index in [0.29, 0.717) is 11.4 Å². The Hall–Kier alpha value is -3.26. The molecule has 0 saturated heterocycles. The molecule has 0 aliphatic rings. The van der Waals surface area contributed by atoms with Gasteiger partial charge in [0.1, 0.15) is 16.5 Å². The SMILES string of the molecule is CCc1ccc(C=CC(=O)Nc2cccc(-c3nn4c(C)nnc4s3)c2)o1. The lowest BCUT2D eigenvalue weighted by Crippen LogP contribution is -2.07. The zero-order chi connectivity index (χ0) is 18.8. The zero-order valence-corrected chi connectivity index (χ0v) is 15.7. The molecule has 0 bridgehead atoms. The highest BCUT2D eigenvalue weighted by Crippen LogP contribution is 2.27. The first kappa shape index (κ1) is 17.2. The molecule has 0 aliphatic carbocycles. The fourth-order valence-corrected chi connectivity index (χ4v) is 3.46. The number of aromatic nitrogens is 4. The molecule has 1 aromatic carbocycles. The average molecular weight is 379 g/mol. The van der Waals surface area contributed by atoms with E-state index in [9.17, 15) is 4.79 Å². The van der Waals surface area contributed by atoms with Crippen LogP contribution in [-0.2, 0) is 11.2 Å². The molecule has 3 aromatic heterocycles. The van der Waals surface area contributed by atoms with Crippen LogP contribution in [0.5, 0.6) is 0 Å². The Morgan fingerprint density at radius 2 is 2.19 bits per heavy atom. The first-order valence-corrected chi connectivity index (χ1v) is 9.31. The van der Waals surface area contributed by atoms with Crippen molar-refractivity contribution in [2.75, 3.05) is 5.32 Å². The van der Waals surface area contributed by atoms with Gasteiger partial charge in [-0.3, -0.25) is 4.79 Å². The molecule has 0 fully saturated rings. The van der Waals surface area contributed by atoms with Crippen LogP contribution in [0.4, 0.5) is 5.69 Å². The number of amides is 1. The summed E-state index contributed by atoms with van der Waals surface area (Å²) in [5.41, 5.74) is 1.60. The van der Waals surface area contributed by atoms with Gasteiger partial charge in [-0.1, -0.05) is 30.4 Å². The molecular formula is C19H17N5O2S. The Morgan fingerprint density at radius 1 is 1.30 bits per heavy atom. The number of hydrogen-bond donors (Lipinski definition) is 1. The summed E-state index contributed by atoms with van der Waals surface area (Å²) in [5.74, 6) is 2.07. The standard InChI is InChI=1S/C19H17N5O2S/c1-3-15-7-8-16(26-15)9-10-17(25)20-14-6-4-5-13(11-14)18-23-24-12(2)21-22-19(24)27-18/h4-11H,3H2,1-2H3,(H,20,25). The highest BCUT2D eigenvalue weighted by atomic mass is 32.1. The molecule has 27 heavy (non-hydrogen) atoms. The molecule has 4 rings (SSSR count). The first-order valence-electron chi connectivity index (χ1n) is 8.49. The minimum Gasteiger partial charge on any atom is -0.462 e. The Labute approximate surface area is 159 Å². The second-order valence-corrected chi connectivity index (χ2v) is 6.87. The van der Waals surface area contributed by atoms with Gasteiger partial charge in [0, 0.05) is 23.7 Å². The van der Waals surface area contributed by atoms with E-state index in [1.165, 1.54) is 17.4 Å². The summed E-state index contributed by atoms with van der Waals surface area (Å²) in [7, 11) is 0. The third kappa shape index (κ3) is 3.65. The van der Waals surface area contributed by atoms with Crippen LogP contribution in [-0.4, -0.2) is 25.7 Å². The monoisotopic (exact) mass is 379 g/mol. The molecule has 0 spiro atoms. The number of anilines is 1. The minimum absolute atomic E-state index is 0.226. The van der Waals surface area contributed by atoms with Crippen LogP contribution in [0.3, 0.4) is 0 Å². The topological polar surface area (TPSA) is 85.3 Å². The van der Waals surface area contributed by atoms with Gasteiger partial charge in [0.05, 0.1) is 0 Å². The van der Waals surface area contributed by atoms with Gasteiger partial charge in [0.2, 0.25) is 10.9 Å². The molecule has 1 N–H and O–H groups in total. The molecule has 0 atom stereocenters. The van der Waals surface area contributed by atoms with E-state index in [1.54, 1.807) is 10.6 Å². The van der Waals surface area contributed by atoms with Gasteiger partial charge in [-0.05, 0) is 37.3 Å². The smallest absolute Gasteiger partial charge is 0.248 e. The molecule has 1 amide bonds. The van der Waals surface area contributed by atoms with E-state index < -0.39 is 0 Å². The minimum atomic E-state index is -0.226. The molecule has 0 unspecified atom stereocenters. The number of rotatable bonds is 5. The summed E-state index contributed by atoms with van der Waals surface area (Å²) < 4.78 is 7.26. The summed E-state index contributed by atoms with van der Waals surface area (Å²) >= 11 is 1.45. The average Bonchev–Trinajstić information content (AvgIpc) is 3.38. The number of nitrogens with zero attached hydrogens (tertiary/aromatic N) is 4. The molecule has 0 radical (unpaired) electrons. The van der Waals surface area contributed by atoms with Gasteiger partial charge in [-0.2, -0.15) is 9.61 Å². The van der Waals surface area contributed by atoms with E-state index in [0.717, 1.165) is 33.5 Å². The number of carbonyl (C=O) groups excluding carboxylic acids is 1. The number of benzene rings is 1. The third-order valence-electron chi connectivity index (χ3n) is 3.95. The van der Waals surface area contributed by atoms with Crippen molar-refractivity contribution in [2.24, 2.45) is 0 Å². The molecule has 4 aromatic rings. The van der Waals surface area contributed by atoms with Crippen LogP contribution in [0, 0.1) is 6.92 Å². The third-order valence-corrected chi connectivity index (χ3v) is 4.90. The number of hydrogen-bond acceptors (Lipinski definition) is 6. The van der Waals surface area contributed by atoms with E-state index in [2.05, 4.69) is 20.6 Å². The summed E-state index contributed by atoms with van der Waals surface area (Å²) in [5, 5.41) is 16.3. The zero-order valence-electron chi connectivity index (χ0n) is 14.8. The molecular weight excluding hydrogens is 362 g/mol. The first-order chi connectivity index (χ1) is 13.1. The van der Waals surface area contributed by atoms with E-state index in [4.69, 9.17) is 4.42 Å². The summed E-state index contributed by atoms with van der Waals surface area (Å²) in [4.78, 5) is 12.9. The maximum atomic E-state index is 12.2. The molecule has 3 heterocycles. The molecule has 0 aliphatic heterocycles. The van der Waals surface area contributed by atoms with Crippen LogP contribution >= 0.6 is 11.3 Å². The van der Waals surface area contributed by atoms with Crippen molar-refractivity contribution in [1.29, 1.82) is 0 Å². The van der Waals surface area contributed by atoms with Crippen LogP contribution in [0.1, 0.15) is 24.3 Å². The van der Waals surface area contributed by atoms with E-state index in [-0.39, 0.29) is 5.91 Å². The predicted molar refractivity (Wildman–Crippen MR) is 105 cm³/mol. The van der Waals surface area contributed by atoms with Gasteiger partial charge in [-0.25, -0.2) is 0 Å². The lowest BCUT2D eigenvalue weighted by Gasteiger charge is -2.03. The number of aryl methyl sites for hydroxylation is 2. The van der Waals surface area contributed by atoms with Crippen molar-refractivity contribution in [3.63, 3.8) is 0 Å². The van der Waals surface area contributed by atoms with E-state index in [1.807, 2.05) is 50.2 Å². The molecule has 7 nitrogen and oxygen atoms in total. The normalized spacial score (nSPS) is 11.5. The largest absolute Gasteiger partial charge is 0.462 e. The van der Waals surface area contributed by atoms with Gasteiger partial charge in [0.25, 0.3) is 0 Å². The van der Waals surface area contributed by atoms with Gasteiger partial charge in [-0.15, -0.1) is 10.2 Å². The number of nitrogens with one attached hydrogen (secondary N) is 1. The van der Waals surface area contributed by atoms with E-state index >= 15 is 0 Å². The van der Waals surface area contributed by atoms with Gasteiger partial charge in [0.15, 0.2) is 5.82 Å². The fraction of sp³-hybridized carbons (Fsp3) is 0.158. The maximum Gasteiger partial charge on any atom is 0.248 e. The summed E-state index contributed by atoms with van der Waals surface area (Å²) in [6.07, 6.45) is 3.94. The van der Waals surface area contributed by atoms with Crippen molar-refractivity contribution < 1.29 is 9.21 Å². The fourth-order valence-electron chi connectivity index (χ4n) is 2.58. The molecule has 0 saturated carbocycles. The molecule has 8 heteroatoms. The van der Waals surface area contributed by atoms with Crippen molar-refractivity contribution >= 4 is 34.0 Å². The van der Waals surface area contributed by atoms with Crippen LogP contribution in [0.2, 0.25) is 0 Å². The Balaban J connectivity index is 1.49. The Morgan fingerprint density at radius 3 is 2.96 bits per heavy atom.